The zero-order valence-electron chi connectivity index (χ0n) is 14.3. The summed E-state index contributed by atoms with van der Waals surface area (Å²) in [5, 5.41) is 3.65. The highest BCUT2D eigenvalue weighted by molar-refractivity contribution is 7.98. The van der Waals surface area contributed by atoms with Gasteiger partial charge in [0, 0.05) is 15.7 Å². The summed E-state index contributed by atoms with van der Waals surface area (Å²) in [5.41, 5.74) is 1.67. The van der Waals surface area contributed by atoms with Gasteiger partial charge in [0.2, 0.25) is 0 Å². The van der Waals surface area contributed by atoms with Gasteiger partial charge in [-0.25, -0.2) is 9.59 Å². The van der Waals surface area contributed by atoms with Crippen LogP contribution in [0.15, 0.2) is 65.2 Å². The normalized spacial score (nSPS) is 11.0. The van der Waals surface area contributed by atoms with Crippen molar-refractivity contribution in [3.63, 3.8) is 0 Å². The van der Waals surface area contributed by atoms with Gasteiger partial charge in [-0.05, 0) is 23.8 Å². The molecule has 0 heterocycles. The van der Waals surface area contributed by atoms with Gasteiger partial charge in [0.05, 0.1) is 26.0 Å². The highest BCUT2D eigenvalue weighted by atomic mass is 35.5. The maximum absolute atomic E-state index is 11.9. The predicted molar refractivity (Wildman–Crippen MR) is 103 cm³/mol. The maximum Gasteiger partial charge on any atom is 0.354 e. The zero-order valence-corrected chi connectivity index (χ0v) is 15.9. The molecule has 2 aromatic carbocycles. The van der Waals surface area contributed by atoms with Crippen LogP contribution in [-0.2, 0) is 24.8 Å². The van der Waals surface area contributed by atoms with Crippen molar-refractivity contribution in [3.05, 3.63) is 70.9 Å². The molecule has 0 atom stereocenters. The van der Waals surface area contributed by atoms with Crippen LogP contribution >= 0.6 is 23.4 Å². The van der Waals surface area contributed by atoms with Crippen LogP contribution in [0.2, 0.25) is 5.02 Å². The molecule has 0 amide bonds. The monoisotopic (exact) mass is 391 g/mol. The molecule has 2 aromatic rings. The molecule has 0 bridgehead atoms. The summed E-state index contributed by atoms with van der Waals surface area (Å²) in [7, 11) is 2.48. The Morgan fingerprint density at radius 2 is 1.77 bits per heavy atom. The first-order valence-corrected chi connectivity index (χ1v) is 9.01. The highest BCUT2D eigenvalue weighted by Gasteiger charge is 2.14. The molecule has 0 aromatic heterocycles. The molecule has 0 aliphatic heterocycles. The SMILES string of the molecule is COC(=O)/C=C(/Nc1ccccc1SCc1ccccc1Cl)C(=O)OC. The van der Waals surface area contributed by atoms with Crippen molar-refractivity contribution in [1.82, 2.24) is 0 Å². The molecule has 0 radical (unpaired) electrons. The minimum atomic E-state index is -0.665. The second-order valence-electron chi connectivity index (χ2n) is 5.07. The Morgan fingerprint density at radius 3 is 2.46 bits per heavy atom. The summed E-state index contributed by atoms with van der Waals surface area (Å²) >= 11 is 7.76. The van der Waals surface area contributed by atoms with E-state index in [2.05, 4.69) is 10.1 Å². The van der Waals surface area contributed by atoms with Crippen molar-refractivity contribution in [3.8, 4) is 0 Å². The summed E-state index contributed by atoms with van der Waals surface area (Å²) in [6, 6.07) is 15.1. The number of carbonyl (C=O) groups excluding carboxylic acids is 2. The second-order valence-corrected chi connectivity index (χ2v) is 6.50. The Bertz CT molecular complexity index is 823. The lowest BCUT2D eigenvalue weighted by atomic mass is 10.2. The van der Waals surface area contributed by atoms with E-state index in [-0.39, 0.29) is 5.70 Å². The molecule has 0 aliphatic carbocycles. The van der Waals surface area contributed by atoms with E-state index in [4.69, 9.17) is 16.3 Å². The van der Waals surface area contributed by atoms with Crippen molar-refractivity contribution < 1.29 is 19.1 Å². The number of nitrogens with one attached hydrogen (secondary N) is 1. The van der Waals surface area contributed by atoms with Crippen molar-refractivity contribution in [2.45, 2.75) is 10.6 Å². The molecule has 1 N–H and O–H groups in total. The van der Waals surface area contributed by atoms with Gasteiger partial charge in [-0.3, -0.25) is 0 Å². The number of ether oxygens (including phenoxy) is 2. The maximum atomic E-state index is 11.9. The number of para-hydroxylation sites is 1. The molecule has 2 rings (SSSR count). The van der Waals surface area contributed by atoms with E-state index >= 15 is 0 Å². The zero-order chi connectivity index (χ0) is 18.9. The van der Waals surface area contributed by atoms with Crippen molar-refractivity contribution in [2.75, 3.05) is 19.5 Å². The topological polar surface area (TPSA) is 64.6 Å². The molecule has 0 spiro atoms. The number of anilines is 1. The van der Waals surface area contributed by atoms with E-state index < -0.39 is 11.9 Å². The van der Waals surface area contributed by atoms with Crippen molar-refractivity contribution in [1.29, 1.82) is 0 Å². The van der Waals surface area contributed by atoms with Crippen molar-refractivity contribution in [2.24, 2.45) is 0 Å². The van der Waals surface area contributed by atoms with Gasteiger partial charge in [-0.1, -0.05) is 41.9 Å². The lowest BCUT2D eigenvalue weighted by molar-refractivity contribution is -0.138. The average Bonchev–Trinajstić information content (AvgIpc) is 2.67. The molecule has 0 unspecified atom stereocenters. The molecule has 7 heteroatoms. The van der Waals surface area contributed by atoms with E-state index in [1.54, 1.807) is 11.8 Å². The van der Waals surface area contributed by atoms with Crippen LogP contribution < -0.4 is 5.32 Å². The van der Waals surface area contributed by atoms with Gasteiger partial charge in [-0.2, -0.15) is 0 Å². The third-order valence-corrected chi connectivity index (χ3v) is 4.86. The fraction of sp³-hybridized carbons (Fsp3) is 0.158. The molecule has 136 valence electrons. The minimum absolute atomic E-state index is 0.00913. The van der Waals surface area contributed by atoms with Crippen LogP contribution in [0.3, 0.4) is 0 Å². The Balaban J connectivity index is 2.21. The number of hydrogen-bond donors (Lipinski definition) is 1. The summed E-state index contributed by atoms with van der Waals surface area (Å²) in [4.78, 5) is 24.3. The van der Waals surface area contributed by atoms with Gasteiger partial charge >= 0.3 is 11.9 Å². The molecule has 5 nitrogen and oxygen atoms in total. The van der Waals surface area contributed by atoms with E-state index in [0.717, 1.165) is 16.5 Å². The summed E-state index contributed by atoms with van der Waals surface area (Å²) in [6.07, 6.45) is 1.06. The Kier molecular flexibility index (Phi) is 7.56. The van der Waals surface area contributed by atoms with Gasteiger partial charge in [0.25, 0.3) is 0 Å². The fourth-order valence-corrected chi connectivity index (χ4v) is 3.34. The molecule has 0 aliphatic rings. The van der Waals surface area contributed by atoms with Crippen LogP contribution in [0.4, 0.5) is 5.69 Å². The highest BCUT2D eigenvalue weighted by Crippen LogP contribution is 2.32. The van der Waals surface area contributed by atoms with Crippen molar-refractivity contribution >= 4 is 41.0 Å². The molecule has 0 fully saturated rings. The number of carbonyl (C=O) groups is 2. The number of methoxy groups -OCH3 is 2. The first-order valence-electron chi connectivity index (χ1n) is 7.65. The first-order chi connectivity index (χ1) is 12.5. The number of thioether (sulfide) groups is 1. The van der Waals surface area contributed by atoms with E-state index in [1.165, 1.54) is 14.2 Å². The molecular weight excluding hydrogens is 374 g/mol. The number of hydrogen-bond acceptors (Lipinski definition) is 6. The van der Waals surface area contributed by atoms with Gasteiger partial charge in [0.15, 0.2) is 0 Å². The Hall–Kier alpha value is -2.44. The smallest absolute Gasteiger partial charge is 0.354 e. The number of rotatable bonds is 7. The van der Waals surface area contributed by atoms with Gasteiger partial charge < -0.3 is 14.8 Å². The molecular formula is C19H18ClNO4S. The predicted octanol–water partition coefficient (Wildman–Crippen LogP) is 4.27. The fourth-order valence-electron chi connectivity index (χ4n) is 2.04. The number of esters is 2. The van der Waals surface area contributed by atoms with Gasteiger partial charge in [-0.15, -0.1) is 11.8 Å². The van der Waals surface area contributed by atoms with Gasteiger partial charge in [0.1, 0.15) is 5.70 Å². The Morgan fingerprint density at radius 1 is 1.08 bits per heavy atom. The van der Waals surface area contributed by atoms with Crippen LogP contribution in [0, 0.1) is 0 Å². The van der Waals surface area contributed by atoms with Crippen LogP contribution in [-0.4, -0.2) is 26.2 Å². The van der Waals surface area contributed by atoms with E-state index in [9.17, 15) is 9.59 Å². The summed E-state index contributed by atoms with van der Waals surface area (Å²) in [6.45, 7) is 0. The average molecular weight is 392 g/mol. The minimum Gasteiger partial charge on any atom is -0.466 e. The van der Waals surface area contributed by atoms with E-state index in [1.807, 2.05) is 48.5 Å². The Labute approximate surface area is 161 Å². The third kappa shape index (κ3) is 5.54. The largest absolute Gasteiger partial charge is 0.466 e. The molecule has 0 saturated heterocycles. The molecule has 26 heavy (non-hydrogen) atoms. The van der Waals surface area contributed by atoms with Crippen LogP contribution in [0.1, 0.15) is 5.56 Å². The second kappa shape index (κ2) is 9.89. The first kappa shape index (κ1) is 19.9. The lowest BCUT2D eigenvalue weighted by Crippen LogP contribution is -2.15. The third-order valence-electron chi connectivity index (χ3n) is 3.37. The van der Waals surface area contributed by atoms with Crippen LogP contribution in [0.25, 0.3) is 0 Å². The van der Waals surface area contributed by atoms with Crippen LogP contribution in [0.5, 0.6) is 0 Å². The number of halogens is 1. The number of benzene rings is 2. The lowest BCUT2D eigenvalue weighted by Gasteiger charge is -2.13. The summed E-state index contributed by atoms with van der Waals surface area (Å²) < 4.78 is 9.29. The standard InChI is InChI=1S/C19H18ClNO4S/c1-24-18(22)11-16(19(23)25-2)21-15-9-5-6-10-17(15)26-12-13-7-3-4-8-14(13)20/h3-11,21H,12H2,1-2H3/b16-11+. The quantitative estimate of drug-likeness (QED) is 0.432. The van der Waals surface area contributed by atoms with E-state index in [0.29, 0.717) is 16.5 Å². The summed E-state index contributed by atoms with van der Waals surface area (Å²) in [5.74, 6) is -0.660. The molecule has 0 saturated carbocycles.